The quantitative estimate of drug-likeness (QED) is 0.245. The molecule has 3 aromatic rings. The van der Waals surface area contributed by atoms with Gasteiger partial charge in [0.15, 0.2) is 5.72 Å². The summed E-state index contributed by atoms with van der Waals surface area (Å²) in [6.45, 7) is 1.79. The number of carboxylic acids is 1. The molecule has 0 aromatic heterocycles. The molecule has 2 N–H and O–H groups in total. The predicted molar refractivity (Wildman–Crippen MR) is 162 cm³/mol. The lowest BCUT2D eigenvalue weighted by molar-refractivity contribution is -0.155. The summed E-state index contributed by atoms with van der Waals surface area (Å²) in [6, 6.07) is 14.7. The Morgan fingerprint density at radius 1 is 1.11 bits per heavy atom. The second-order valence-corrected chi connectivity index (χ2v) is 11.9. The Labute approximate surface area is 265 Å². The van der Waals surface area contributed by atoms with Crippen LogP contribution in [0.5, 0.6) is 5.75 Å². The molecule has 1 unspecified atom stereocenters. The van der Waals surface area contributed by atoms with E-state index < -0.39 is 40.7 Å². The van der Waals surface area contributed by atoms with Gasteiger partial charge in [0.1, 0.15) is 22.8 Å². The minimum Gasteiger partial charge on any atom is -0.497 e. The summed E-state index contributed by atoms with van der Waals surface area (Å²) in [5.41, 5.74) is -5.53. The number of halogens is 3. The first-order valence-corrected chi connectivity index (χ1v) is 15.2. The van der Waals surface area contributed by atoms with Gasteiger partial charge in [-0.15, -0.1) is 0 Å². The Morgan fingerprint density at radius 3 is 2.31 bits per heavy atom. The van der Waals surface area contributed by atoms with Crippen LogP contribution in [0.15, 0.2) is 60.7 Å². The standard InChI is InChI=1S/C34H36ClF2NO7/c1-4-33(42,32(37)15-17-45-18-16-32)23-19-26-30(27(36)20-23)34(44-3,22-7-9-24(35)10-8-22)38(31(26)41)28(13-14-29(39)40)21-5-11-25(43-2)12-6-21/h5-12,19-20,28,42H,4,13-18H2,1-3H3,(H,39,40)/t28-,33?,34+/m0/s1. The fourth-order valence-electron chi connectivity index (χ4n) is 6.81. The van der Waals surface area contributed by atoms with E-state index in [2.05, 4.69) is 0 Å². The van der Waals surface area contributed by atoms with Crippen molar-refractivity contribution in [3.05, 3.63) is 99.3 Å². The van der Waals surface area contributed by atoms with E-state index in [-0.39, 0.29) is 62.0 Å². The lowest BCUT2D eigenvalue weighted by Gasteiger charge is -2.44. The molecule has 45 heavy (non-hydrogen) atoms. The van der Waals surface area contributed by atoms with Crippen molar-refractivity contribution in [2.45, 2.75) is 62.1 Å². The maximum atomic E-state index is 16.7. The summed E-state index contributed by atoms with van der Waals surface area (Å²) in [5, 5.41) is 21.9. The molecule has 240 valence electrons. The number of rotatable bonds is 11. The normalized spacial score (nSPS) is 21.2. The molecule has 1 fully saturated rings. The van der Waals surface area contributed by atoms with Crippen molar-refractivity contribution in [3.63, 3.8) is 0 Å². The molecular weight excluding hydrogens is 608 g/mol. The molecule has 3 atom stereocenters. The highest BCUT2D eigenvalue weighted by molar-refractivity contribution is 6.30. The van der Waals surface area contributed by atoms with Crippen LogP contribution in [0.4, 0.5) is 8.78 Å². The topological polar surface area (TPSA) is 106 Å². The van der Waals surface area contributed by atoms with Gasteiger partial charge in [0.05, 0.1) is 24.3 Å². The third kappa shape index (κ3) is 5.48. The zero-order chi connectivity index (χ0) is 32.6. The molecule has 8 nitrogen and oxygen atoms in total. The van der Waals surface area contributed by atoms with Crippen molar-refractivity contribution in [1.29, 1.82) is 0 Å². The Morgan fingerprint density at radius 2 is 1.76 bits per heavy atom. The van der Waals surface area contributed by atoms with Crippen LogP contribution in [0.3, 0.4) is 0 Å². The van der Waals surface area contributed by atoms with Crippen LogP contribution in [0.2, 0.25) is 5.02 Å². The first-order valence-electron chi connectivity index (χ1n) is 14.8. The van der Waals surface area contributed by atoms with Gasteiger partial charge in [-0.3, -0.25) is 14.5 Å². The molecule has 5 rings (SSSR count). The van der Waals surface area contributed by atoms with E-state index in [0.29, 0.717) is 21.9 Å². The lowest BCUT2D eigenvalue weighted by Crippen LogP contribution is -2.51. The number of alkyl halides is 1. The van der Waals surface area contributed by atoms with Crippen LogP contribution >= 0.6 is 11.6 Å². The van der Waals surface area contributed by atoms with Crippen molar-refractivity contribution in [3.8, 4) is 5.75 Å². The smallest absolute Gasteiger partial charge is 0.303 e. The first kappa shape index (κ1) is 32.8. The number of methoxy groups -OCH3 is 2. The Kier molecular flexibility index (Phi) is 9.24. The van der Waals surface area contributed by atoms with Gasteiger partial charge in [-0.25, -0.2) is 8.78 Å². The molecule has 1 amide bonds. The maximum absolute atomic E-state index is 16.7. The number of carbonyl (C=O) groups is 2. The molecule has 3 aromatic carbocycles. The van der Waals surface area contributed by atoms with Crippen LogP contribution in [-0.2, 0) is 25.6 Å². The Balaban J connectivity index is 1.77. The van der Waals surface area contributed by atoms with E-state index in [9.17, 15) is 19.8 Å². The fourth-order valence-corrected chi connectivity index (χ4v) is 6.94. The van der Waals surface area contributed by atoms with E-state index in [1.165, 1.54) is 25.2 Å². The van der Waals surface area contributed by atoms with Crippen molar-refractivity contribution in [2.24, 2.45) is 0 Å². The second kappa shape index (κ2) is 12.7. The number of carbonyl (C=O) groups excluding carboxylic acids is 1. The molecule has 1 saturated heterocycles. The third-order valence-electron chi connectivity index (χ3n) is 9.21. The summed E-state index contributed by atoms with van der Waals surface area (Å²) in [7, 11) is 2.84. The monoisotopic (exact) mass is 643 g/mol. The molecule has 0 spiro atoms. The SMILES string of the molecule is CCC(O)(c1cc(F)c2c(c1)C(=O)N([C@@H](CCC(=O)O)c1ccc(OC)cc1)[C@@]2(OC)c1ccc(Cl)cc1)C1(F)CCOCC1. The summed E-state index contributed by atoms with van der Waals surface area (Å²) in [6.07, 6.45) is -0.636. The highest BCUT2D eigenvalue weighted by Crippen LogP contribution is 2.53. The molecule has 0 radical (unpaired) electrons. The number of hydrogen-bond acceptors (Lipinski definition) is 6. The number of fused-ring (bicyclic) bond motifs is 1. The number of ether oxygens (including phenoxy) is 3. The number of amides is 1. The first-order chi connectivity index (χ1) is 21.5. The van der Waals surface area contributed by atoms with Gasteiger partial charge in [-0.1, -0.05) is 42.8 Å². The van der Waals surface area contributed by atoms with E-state index >= 15 is 8.78 Å². The van der Waals surface area contributed by atoms with Crippen molar-refractivity contribution in [2.75, 3.05) is 27.4 Å². The Bertz CT molecular complexity index is 1560. The number of carboxylic acid groups (broad SMARTS) is 1. The minimum atomic E-state index is -2.12. The summed E-state index contributed by atoms with van der Waals surface area (Å²) in [4.78, 5) is 27.8. The van der Waals surface area contributed by atoms with Crippen LogP contribution in [0.25, 0.3) is 0 Å². The van der Waals surface area contributed by atoms with Crippen molar-refractivity contribution < 1.29 is 42.8 Å². The van der Waals surface area contributed by atoms with E-state index in [4.69, 9.17) is 25.8 Å². The van der Waals surface area contributed by atoms with Gasteiger partial charge in [0.2, 0.25) is 0 Å². The summed E-state index contributed by atoms with van der Waals surface area (Å²) < 4.78 is 49.9. The predicted octanol–water partition coefficient (Wildman–Crippen LogP) is 6.51. The fraction of sp³-hybridized carbons (Fsp3) is 0.412. The maximum Gasteiger partial charge on any atom is 0.303 e. The number of aliphatic hydroxyl groups is 1. The largest absolute Gasteiger partial charge is 0.497 e. The molecule has 2 aliphatic heterocycles. The van der Waals surface area contributed by atoms with Gasteiger partial charge >= 0.3 is 5.97 Å². The van der Waals surface area contributed by atoms with Gasteiger partial charge in [0, 0.05) is 50.2 Å². The molecule has 2 aliphatic rings. The minimum absolute atomic E-state index is 0.0406. The van der Waals surface area contributed by atoms with Crippen LogP contribution in [0.1, 0.15) is 77.7 Å². The molecule has 0 bridgehead atoms. The van der Waals surface area contributed by atoms with Gasteiger partial charge in [-0.2, -0.15) is 0 Å². The van der Waals surface area contributed by atoms with E-state index in [1.807, 2.05) is 0 Å². The third-order valence-corrected chi connectivity index (χ3v) is 9.46. The van der Waals surface area contributed by atoms with E-state index in [1.54, 1.807) is 55.5 Å². The zero-order valence-corrected chi connectivity index (χ0v) is 26.1. The second-order valence-electron chi connectivity index (χ2n) is 11.4. The van der Waals surface area contributed by atoms with E-state index in [0.717, 1.165) is 6.07 Å². The highest BCUT2D eigenvalue weighted by Gasteiger charge is 2.58. The van der Waals surface area contributed by atoms with Crippen LogP contribution in [0, 0.1) is 5.82 Å². The van der Waals surface area contributed by atoms with Gasteiger partial charge in [-0.05, 0) is 60.4 Å². The van der Waals surface area contributed by atoms with Gasteiger partial charge in [0.25, 0.3) is 5.91 Å². The number of aliphatic carboxylic acids is 1. The highest BCUT2D eigenvalue weighted by atomic mass is 35.5. The molecule has 11 heteroatoms. The molecule has 0 aliphatic carbocycles. The number of nitrogens with zero attached hydrogens (tertiary/aromatic N) is 1. The number of hydrogen-bond donors (Lipinski definition) is 2. The van der Waals surface area contributed by atoms with Crippen LogP contribution < -0.4 is 4.74 Å². The van der Waals surface area contributed by atoms with Crippen molar-refractivity contribution in [1.82, 2.24) is 4.90 Å². The summed E-state index contributed by atoms with van der Waals surface area (Å²) in [5.74, 6) is -2.10. The van der Waals surface area contributed by atoms with Crippen LogP contribution in [-0.4, -0.2) is 60.1 Å². The number of benzene rings is 3. The summed E-state index contributed by atoms with van der Waals surface area (Å²) >= 11 is 6.20. The van der Waals surface area contributed by atoms with Crippen molar-refractivity contribution >= 4 is 23.5 Å². The lowest BCUT2D eigenvalue weighted by atomic mass is 9.72. The molecular formula is C34H36ClF2NO7. The molecule has 2 heterocycles. The zero-order valence-electron chi connectivity index (χ0n) is 25.3. The molecule has 0 saturated carbocycles. The van der Waals surface area contributed by atoms with Gasteiger partial charge < -0.3 is 24.4 Å². The average Bonchev–Trinajstić information content (AvgIpc) is 3.30. The Hall–Kier alpha value is -3.57. The average molecular weight is 644 g/mol.